The molecule has 136 valence electrons. The molecule has 1 aliphatic heterocycles. The van der Waals surface area contributed by atoms with Gasteiger partial charge in [0.05, 0.1) is 11.0 Å². The van der Waals surface area contributed by atoms with Crippen LogP contribution in [0.4, 0.5) is 0 Å². The summed E-state index contributed by atoms with van der Waals surface area (Å²) in [6.07, 6.45) is 0.570. The third-order valence-electron chi connectivity index (χ3n) is 5.09. The third-order valence-corrected chi connectivity index (χ3v) is 5.50. The molecule has 1 aromatic heterocycles. The van der Waals surface area contributed by atoms with Crippen LogP contribution in [0.2, 0.25) is 0 Å². The second-order valence-electron chi connectivity index (χ2n) is 7.45. The minimum atomic E-state index is 0.285. The molecule has 26 heavy (non-hydrogen) atoms. The van der Waals surface area contributed by atoms with Crippen molar-refractivity contribution in [2.45, 2.75) is 39.6 Å². The Balaban J connectivity index is 1.81. The van der Waals surface area contributed by atoms with Crippen LogP contribution in [0.25, 0.3) is 16.7 Å². The summed E-state index contributed by atoms with van der Waals surface area (Å²) in [7, 11) is 0. The summed E-state index contributed by atoms with van der Waals surface area (Å²) >= 11 is 5.93. The lowest BCUT2D eigenvalue weighted by Crippen LogP contribution is -3.14. The molecule has 0 bridgehead atoms. The molecular weight excluding hydrogens is 342 g/mol. The number of nitrogens with zero attached hydrogens (tertiary/aromatic N) is 2. The zero-order valence-corrected chi connectivity index (χ0v) is 16.4. The maximum atomic E-state index is 5.93. The SMILES string of the molecule is Cc1cccc(-n2c(=S)n(C[NH+]3C[C@@H](C)O[C@H](C)C3)c3ccccc32)c1. The first-order valence-electron chi connectivity index (χ1n) is 9.29. The van der Waals surface area contributed by atoms with E-state index >= 15 is 0 Å². The van der Waals surface area contributed by atoms with Crippen LogP contribution in [0, 0.1) is 11.7 Å². The number of quaternary nitrogens is 1. The van der Waals surface area contributed by atoms with Gasteiger partial charge in [-0.15, -0.1) is 0 Å². The van der Waals surface area contributed by atoms with Gasteiger partial charge in [0.1, 0.15) is 25.3 Å². The van der Waals surface area contributed by atoms with Gasteiger partial charge in [0.15, 0.2) is 11.4 Å². The number of benzene rings is 2. The van der Waals surface area contributed by atoms with E-state index in [0.717, 1.165) is 35.7 Å². The Labute approximate surface area is 159 Å². The molecule has 2 atom stereocenters. The summed E-state index contributed by atoms with van der Waals surface area (Å²) in [5.74, 6) is 0. The zero-order chi connectivity index (χ0) is 18.3. The van der Waals surface area contributed by atoms with Crippen molar-refractivity contribution < 1.29 is 9.64 Å². The number of morpholine rings is 1. The first-order valence-corrected chi connectivity index (χ1v) is 9.70. The average molecular weight is 369 g/mol. The summed E-state index contributed by atoms with van der Waals surface area (Å²) in [5, 5.41) is 0. The van der Waals surface area contributed by atoms with Crippen LogP contribution in [-0.4, -0.2) is 34.4 Å². The van der Waals surface area contributed by atoms with Gasteiger partial charge in [0.2, 0.25) is 0 Å². The van der Waals surface area contributed by atoms with Gasteiger partial charge in [-0.2, -0.15) is 0 Å². The van der Waals surface area contributed by atoms with Crippen LogP contribution >= 0.6 is 12.2 Å². The molecular formula is C21H26N3OS+. The number of hydrogen-bond acceptors (Lipinski definition) is 2. The number of fused-ring (bicyclic) bond motifs is 1. The Bertz CT molecular complexity index is 980. The summed E-state index contributed by atoms with van der Waals surface area (Å²) in [6, 6.07) is 17.0. The molecule has 4 nitrogen and oxygen atoms in total. The Morgan fingerprint density at radius 2 is 1.73 bits per heavy atom. The van der Waals surface area contributed by atoms with Crippen LogP contribution in [0.1, 0.15) is 19.4 Å². The average Bonchev–Trinajstić information content (AvgIpc) is 2.86. The Morgan fingerprint density at radius 3 is 2.42 bits per heavy atom. The smallest absolute Gasteiger partial charge is 0.189 e. The van der Waals surface area contributed by atoms with Crippen molar-refractivity contribution in [2.75, 3.05) is 13.1 Å². The Kier molecular flexibility index (Phi) is 4.69. The molecule has 2 aromatic carbocycles. The zero-order valence-electron chi connectivity index (χ0n) is 15.6. The predicted octanol–water partition coefficient (Wildman–Crippen LogP) is 3.12. The number of imidazole rings is 1. The van der Waals surface area contributed by atoms with Crippen LogP contribution in [-0.2, 0) is 11.4 Å². The van der Waals surface area contributed by atoms with Crippen molar-refractivity contribution >= 4 is 23.3 Å². The topological polar surface area (TPSA) is 23.5 Å². The van der Waals surface area contributed by atoms with Crippen molar-refractivity contribution in [1.82, 2.24) is 9.13 Å². The van der Waals surface area contributed by atoms with Crippen molar-refractivity contribution in [2.24, 2.45) is 0 Å². The van der Waals surface area contributed by atoms with Crippen molar-refractivity contribution in [3.8, 4) is 5.69 Å². The number of aryl methyl sites for hydroxylation is 1. The van der Waals surface area contributed by atoms with Gasteiger partial charge < -0.3 is 9.64 Å². The number of rotatable bonds is 3. The van der Waals surface area contributed by atoms with Crippen LogP contribution < -0.4 is 4.90 Å². The molecule has 4 rings (SSSR count). The van der Waals surface area contributed by atoms with E-state index in [2.05, 4.69) is 78.4 Å². The van der Waals surface area contributed by atoms with Crippen molar-refractivity contribution in [3.05, 3.63) is 58.9 Å². The fraction of sp³-hybridized carbons (Fsp3) is 0.381. The van der Waals surface area contributed by atoms with E-state index < -0.39 is 0 Å². The van der Waals surface area contributed by atoms with E-state index in [0.29, 0.717) is 0 Å². The van der Waals surface area contributed by atoms with E-state index in [4.69, 9.17) is 17.0 Å². The van der Waals surface area contributed by atoms with Gasteiger partial charge in [-0.1, -0.05) is 24.3 Å². The molecule has 2 heterocycles. The van der Waals surface area contributed by atoms with Crippen molar-refractivity contribution in [1.29, 1.82) is 0 Å². The van der Waals surface area contributed by atoms with E-state index in [1.165, 1.54) is 16.0 Å². The van der Waals surface area contributed by atoms with Gasteiger partial charge in [-0.05, 0) is 62.8 Å². The van der Waals surface area contributed by atoms with E-state index in [1.807, 2.05) is 0 Å². The summed E-state index contributed by atoms with van der Waals surface area (Å²) in [4.78, 5) is 1.51. The highest BCUT2D eigenvalue weighted by Crippen LogP contribution is 2.22. The maximum absolute atomic E-state index is 5.93. The monoisotopic (exact) mass is 368 g/mol. The van der Waals surface area contributed by atoms with Gasteiger partial charge in [0, 0.05) is 5.69 Å². The van der Waals surface area contributed by atoms with Gasteiger partial charge >= 0.3 is 0 Å². The highest BCUT2D eigenvalue weighted by molar-refractivity contribution is 7.71. The number of hydrogen-bond donors (Lipinski definition) is 1. The number of nitrogens with one attached hydrogen (secondary N) is 1. The van der Waals surface area contributed by atoms with Gasteiger partial charge in [-0.25, -0.2) is 0 Å². The van der Waals surface area contributed by atoms with Crippen LogP contribution in [0.3, 0.4) is 0 Å². The molecule has 1 aliphatic rings. The highest BCUT2D eigenvalue weighted by Gasteiger charge is 2.26. The molecule has 0 radical (unpaired) electrons. The number of ether oxygens (including phenoxy) is 1. The third kappa shape index (κ3) is 3.22. The number of para-hydroxylation sites is 2. The lowest BCUT2D eigenvalue weighted by molar-refractivity contribution is -0.936. The quantitative estimate of drug-likeness (QED) is 0.718. The molecule has 0 amide bonds. The van der Waals surface area contributed by atoms with Gasteiger partial charge in [-0.3, -0.25) is 9.13 Å². The molecule has 3 aromatic rings. The minimum absolute atomic E-state index is 0.285. The highest BCUT2D eigenvalue weighted by atomic mass is 32.1. The van der Waals surface area contributed by atoms with Crippen LogP contribution in [0.15, 0.2) is 48.5 Å². The summed E-state index contributed by atoms with van der Waals surface area (Å²) < 4.78 is 11.2. The second kappa shape index (κ2) is 6.99. The second-order valence-corrected chi connectivity index (χ2v) is 7.81. The Hall–Kier alpha value is -1.95. The summed E-state index contributed by atoms with van der Waals surface area (Å²) in [5.41, 5.74) is 4.72. The molecule has 0 unspecified atom stereocenters. The molecule has 1 saturated heterocycles. The maximum Gasteiger partial charge on any atom is 0.189 e. The van der Waals surface area contributed by atoms with E-state index in [9.17, 15) is 0 Å². The lowest BCUT2D eigenvalue weighted by atomic mass is 10.2. The minimum Gasteiger partial charge on any atom is -0.364 e. The lowest BCUT2D eigenvalue weighted by Gasteiger charge is -2.32. The summed E-state index contributed by atoms with van der Waals surface area (Å²) in [6.45, 7) is 9.32. The molecule has 1 N–H and O–H groups in total. The standard InChI is InChI=1S/C21H25N3OS/c1-15-7-6-8-18(11-15)24-20-10-5-4-9-19(20)23(21(24)26)14-22-12-16(2)25-17(3)13-22/h4-11,16-17H,12-14H2,1-3H3/p+1/t16-,17-/m1/s1. The molecule has 5 heteroatoms. The molecule has 0 aliphatic carbocycles. The first-order chi connectivity index (χ1) is 12.5. The molecule has 0 spiro atoms. The van der Waals surface area contributed by atoms with Crippen molar-refractivity contribution in [3.63, 3.8) is 0 Å². The fourth-order valence-electron chi connectivity index (χ4n) is 4.12. The van der Waals surface area contributed by atoms with Gasteiger partial charge in [0.25, 0.3) is 0 Å². The largest absolute Gasteiger partial charge is 0.364 e. The normalized spacial score (nSPS) is 23.4. The molecule has 1 fully saturated rings. The molecule has 0 saturated carbocycles. The first kappa shape index (κ1) is 17.5. The number of aromatic nitrogens is 2. The van der Waals surface area contributed by atoms with Crippen LogP contribution in [0.5, 0.6) is 0 Å². The fourth-order valence-corrected chi connectivity index (χ4v) is 4.49. The van der Waals surface area contributed by atoms with E-state index in [1.54, 1.807) is 0 Å². The predicted molar refractivity (Wildman–Crippen MR) is 108 cm³/mol. The Morgan fingerprint density at radius 1 is 1.04 bits per heavy atom. The van der Waals surface area contributed by atoms with E-state index in [-0.39, 0.29) is 12.2 Å².